The molecule has 166 valence electrons. The number of amides is 1. The zero-order valence-corrected chi connectivity index (χ0v) is 17.7. The summed E-state index contributed by atoms with van der Waals surface area (Å²) in [5.74, 6) is 0.321. The molecule has 2 aliphatic rings. The number of nitrogens with one attached hydrogen (secondary N) is 1. The Hall–Kier alpha value is -3.22. The largest absolute Gasteiger partial charge is 0.586 e. The van der Waals surface area contributed by atoms with E-state index in [9.17, 15) is 13.6 Å². The van der Waals surface area contributed by atoms with Crippen molar-refractivity contribution in [1.82, 2.24) is 4.98 Å². The summed E-state index contributed by atoms with van der Waals surface area (Å²) in [5, 5.41) is 4.04. The van der Waals surface area contributed by atoms with E-state index in [2.05, 4.69) is 31.9 Å². The van der Waals surface area contributed by atoms with Gasteiger partial charge in [0.25, 0.3) is 0 Å². The SMILES string of the molecule is C[C@@H](C(=O)Nc1ccc2c(c1)OC(F)(F)O2)[C@H]1CC[C@@H](c2ccnc3ccccc32)CC1. The normalized spacial score (nSPS) is 22.5. The summed E-state index contributed by atoms with van der Waals surface area (Å²) in [7, 11) is 0. The number of ether oxygens (including phenoxy) is 2. The summed E-state index contributed by atoms with van der Waals surface area (Å²) in [6, 6.07) is 14.6. The number of pyridine rings is 1. The lowest BCUT2D eigenvalue weighted by Gasteiger charge is -2.32. The zero-order chi connectivity index (χ0) is 22.3. The summed E-state index contributed by atoms with van der Waals surface area (Å²) in [5.41, 5.74) is 2.77. The second-order valence-corrected chi connectivity index (χ2v) is 8.64. The van der Waals surface area contributed by atoms with Crippen LogP contribution in [0, 0.1) is 11.8 Å². The Morgan fingerprint density at radius 1 is 1.06 bits per heavy atom. The minimum Gasteiger partial charge on any atom is -0.395 e. The molecule has 2 heterocycles. The van der Waals surface area contributed by atoms with E-state index in [4.69, 9.17) is 0 Å². The molecule has 1 atom stereocenters. The van der Waals surface area contributed by atoms with Gasteiger partial charge >= 0.3 is 6.29 Å². The molecule has 1 N–H and O–H groups in total. The minimum absolute atomic E-state index is 0.0389. The Bertz CT molecular complexity index is 1150. The Morgan fingerprint density at radius 2 is 1.81 bits per heavy atom. The van der Waals surface area contributed by atoms with Crippen molar-refractivity contribution in [3.63, 3.8) is 0 Å². The first-order valence-electron chi connectivity index (χ1n) is 10.9. The van der Waals surface area contributed by atoms with E-state index in [1.165, 1.54) is 23.1 Å². The topological polar surface area (TPSA) is 60.5 Å². The maximum absolute atomic E-state index is 13.2. The highest BCUT2D eigenvalue weighted by Gasteiger charge is 2.43. The van der Waals surface area contributed by atoms with E-state index in [-0.39, 0.29) is 29.2 Å². The molecular formula is C25H24F2N2O3. The number of alkyl halides is 2. The summed E-state index contributed by atoms with van der Waals surface area (Å²) < 4.78 is 35.3. The third-order valence-corrected chi connectivity index (χ3v) is 6.68. The van der Waals surface area contributed by atoms with E-state index in [1.54, 1.807) is 6.07 Å². The lowest BCUT2D eigenvalue weighted by Crippen LogP contribution is -2.29. The molecule has 5 rings (SSSR count). The molecule has 2 aromatic carbocycles. The van der Waals surface area contributed by atoms with Crippen molar-refractivity contribution in [2.45, 2.75) is 44.8 Å². The maximum Gasteiger partial charge on any atom is 0.586 e. The first-order chi connectivity index (χ1) is 15.4. The average molecular weight is 438 g/mol. The Balaban J connectivity index is 1.21. The second kappa shape index (κ2) is 8.04. The van der Waals surface area contributed by atoms with Gasteiger partial charge in [-0.3, -0.25) is 9.78 Å². The fourth-order valence-electron chi connectivity index (χ4n) is 4.90. The molecule has 1 aliphatic heterocycles. The Labute approximate surface area is 184 Å². The minimum atomic E-state index is -3.67. The summed E-state index contributed by atoms with van der Waals surface area (Å²) in [4.78, 5) is 17.3. The highest BCUT2D eigenvalue weighted by atomic mass is 19.3. The van der Waals surface area contributed by atoms with Crippen molar-refractivity contribution in [3.05, 3.63) is 60.3 Å². The lowest BCUT2D eigenvalue weighted by molar-refractivity contribution is -0.286. The first-order valence-corrected chi connectivity index (χ1v) is 10.9. The van der Waals surface area contributed by atoms with Crippen LogP contribution in [-0.4, -0.2) is 17.2 Å². The van der Waals surface area contributed by atoms with E-state index in [0.717, 1.165) is 31.2 Å². The zero-order valence-electron chi connectivity index (χ0n) is 17.7. The van der Waals surface area contributed by atoms with Gasteiger partial charge in [-0.15, -0.1) is 8.78 Å². The first kappa shape index (κ1) is 20.7. The number of carbonyl (C=O) groups is 1. The highest BCUT2D eigenvalue weighted by molar-refractivity contribution is 5.93. The van der Waals surface area contributed by atoms with Crippen LogP contribution in [0.4, 0.5) is 14.5 Å². The Morgan fingerprint density at radius 3 is 2.62 bits per heavy atom. The third kappa shape index (κ3) is 3.99. The van der Waals surface area contributed by atoms with Crippen molar-refractivity contribution >= 4 is 22.5 Å². The van der Waals surface area contributed by atoms with Gasteiger partial charge in [0.1, 0.15) is 0 Å². The van der Waals surface area contributed by atoms with E-state index < -0.39 is 6.29 Å². The van der Waals surface area contributed by atoms with Crippen molar-refractivity contribution in [1.29, 1.82) is 0 Å². The number of carbonyl (C=O) groups excluding carboxylic acids is 1. The van der Waals surface area contributed by atoms with Gasteiger partial charge < -0.3 is 14.8 Å². The molecule has 5 nitrogen and oxygen atoms in total. The quantitative estimate of drug-likeness (QED) is 0.534. The number of para-hydroxylation sites is 1. The lowest BCUT2D eigenvalue weighted by atomic mass is 9.73. The molecule has 1 amide bonds. The molecular weight excluding hydrogens is 414 g/mol. The van der Waals surface area contributed by atoms with Crippen LogP contribution in [-0.2, 0) is 4.79 Å². The van der Waals surface area contributed by atoms with Gasteiger partial charge in [0.15, 0.2) is 11.5 Å². The molecule has 0 radical (unpaired) electrons. The standard InChI is InChI=1S/C25H24F2N2O3/c1-15(24(30)29-18-10-11-22-23(14-18)32-25(26,27)31-22)16-6-8-17(9-7-16)19-12-13-28-21-5-3-2-4-20(19)21/h2-5,10-17H,6-9H2,1H3,(H,29,30)/t15-,16-,17+/m1/s1. The van der Waals surface area contributed by atoms with Gasteiger partial charge in [0.05, 0.1) is 5.52 Å². The summed E-state index contributed by atoms with van der Waals surface area (Å²) >= 11 is 0. The second-order valence-electron chi connectivity index (χ2n) is 8.64. The van der Waals surface area contributed by atoms with Gasteiger partial charge in [0.2, 0.25) is 5.91 Å². The van der Waals surface area contributed by atoms with Crippen LogP contribution in [0.3, 0.4) is 0 Å². The van der Waals surface area contributed by atoms with Crippen LogP contribution in [0.5, 0.6) is 11.5 Å². The van der Waals surface area contributed by atoms with Crippen molar-refractivity contribution in [3.8, 4) is 11.5 Å². The van der Waals surface area contributed by atoms with Crippen molar-refractivity contribution in [2.24, 2.45) is 11.8 Å². The van der Waals surface area contributed by atoms with Crippen LogP contribution >= 0.6 is 0 Å². The smallest absolute Gasteiger partial charge is 0.395 e. The average Bonchev–Trinajstić information content (AvgIpc) is 3.11. The number of anilines is 1. The van der Waals surface area contributed by atoms with E-state index in [0.29, 0.717) is 11.6 Å². The van der Waals surface area contributed by atoms with Gasteiger partial charge in [-0.25, -0.2) is 0 Å². The number of aromatic nitrogens is 1. The molecule has 0 spiro atoms. The molecule has 1 aliphatic carbocycles. The fourth-order valence-corrected chi connectivity index (χ4v) is 4.90. The summed E-state index contributed by atoms with van der Waals surface area (Å²) in [6.45, 7) is 1.93. The van der Waals surface area contributed by atoms with E-state index >= 15 is 0 Å². The Kier molecular flexibility index (Phi) is 5.19. The van der Waals surface area contributed by atoms with Crippen LogP contribution in [0.15, 0.2) is 54.7 Å². The van der Waals surface area contributed by atoms with Crippen LogP contribution in [0.25, 0.3) is 10.9 Å². The van der Waals surface area contributed by atoms with Crippen molar-refractivity contribution in [2.75, 3.05) is 5.32 Å². The molecule has 1 saturated carbocycles. The van der Waals surface area contributed by atoms with E-state index in [1.807, 2.05) is 31.3 Å². The molecule has 0 bridgehead atoms. The number of nitrogens with zero attached hydrogens (tertiary/aromatic N) is 1. The molecule has 1 aromatic heterocycles. The third-order valence-electron chi connectivity index (χ3n) is 6.68. The van der Waals surface area contributed by atoms with Crippen LogP contribution in [0.2, 0.25) is 0 Å². The highest BCUT2D eigenvalue weighted by Crippen LogP contribution is 2.43. The molecule has 32 heavy (non-hydrogen) atoms. The fraction of sp³-hybridized carbons (Fsp3) is 0.360. The van der Waals surface area contributed by atoms with Gasteiger partial charge in [-0.05, 0) is 67.3 Å². The maximum atomic E-state index is 13.2. The molecule has 0 saturated heterocycles. The number of fused-ring (bicyclic) bond motifs is 2. The van der Waals surface area contributed by atoms with Gasteiger partial charge in [0, 0.05) is 29.3 Å². The summed E-state index contributed by atoms with van der Waals surface area (Å²) in [6.07, 6.45) is 2.18. The predicted molar refractivity (Wildman–Crippen MR) is 117 cm³/mol. The van der Waals surface area contributed by atoms with Crippen molar-refractivity contribution < 1.29 is 23.0 Å². The van der Waals surface area contributed by atoms with Crippen LogP contribution in [0.1, 0.15) is 44.1 Å². The van der Waals surface area contributed by atoms with Gasteiger partial charge in [-0.2, -0.15) is 0 Å². The number of rotatable bonds is 4. The van der Waals surface area contributed by atoms with Gasteiger partial charge in [-0.1, -0.05) is 25.1 Å². The number of benzene rings is 2. The van der Waals surface area contributed by atoms with Crippen LogP contribution < -0.4 is 14.8 Å². The number of hydrogen-bond acceptors (Lipinski definition) is 4. The molecule has 1 fully saturated rings. The number of halogens is 2. The number of hydrogen-bond donors (Lipinski definition) is 1. The predicted octanol–water partition coefficient (Wildman–Crippen LogP) is 6.10. The molecule has 0 unspecified atom stereocenters. The molecule has 7 heteroatoms. The molecule has 3 aromatic rings. The monoisotopic (exact) mass is 438 g/mol.